The third-order valence-corrected chi connectivity index (χ3v) is 4.81. The smallest absolute Gasteiger partial charge is 0.319 e. The van der Waals surface area contributed by atoms with Crippen LogP contribution in [0.5, 0.6) is 0 Å². The van der Waals surface area contributed by atoms with E-state index in [1.54, 1.807) is 11.3 Å². The highest BCUT2D eigenvalue weighted by Gasteiger charge is 2.22. The van der Waals surface area contributed by atoms with Crippen LogP contribution in [-0.2, 0) is 6.42 Å². The molecule has 1 unspecified atom stereocenters. The summed E-state index contributed by atoms with van der Waals surface area (Å²) in [5.41, 5.74) is 0. The van der Waals surface area contributed by atoms with Crippen LogP contribution in [0.2, 0.25) is 0 Å². The predicted octanol–water partition coefficient (Wildman–Crippen LogP) is 3.61. The van der Waals surface area contributed by atoms with E-state index in [1.165, 1.54) is 17.7 Å². The molecule has 2 heterocycles. The van der Waals surface area contributed by atoms with E-state index >= 15 is 0 Å². The number of hydrogen-bond acceptors (Lipinski definition) is 2. The number of thiophene rings is 1. The Morgan fingerprint density at radius 1 is 1.37 bits per heavy atom. The third-order valence-electron chi connectivity index (χ3n) is 3.92. The lowest BCUT2D eigenvalue weighted by Crippen LogP contribution is -2.46. The van der Waals surface area contributed by atoms with Crippen LogP contribution in [0.3, 0.4) is 0 Å². The molecule has 1 aromatic rings. The normalized spacial score (nSPS) is 17.9. The van der Waals surface area contributed by atoms with Gasteiger partial charge in [0, 0.05) is 37.5 Å². The fraction of sp³-hybridized carbons (Fsp3) is 0.667. The molecule has 1 saturated heterocycles. The molecular formula is C15H24N2OS. The average Bonchev–Trinajstić information content (AvgIpc) is 2.77. The quantitative estimate of drug-likeness (QED) is 0.829. The highest BCUT2D eigenvalue weighted by atomic mass is 32.1. The van der Waals surface area contributed by atoms with Gasteiger partial charge in [-0.2, -0.15) is 0 Å². The van der Waals surface area contributed by atoms with Crippen LogP contribution in [0.4, 0.5) is 4.79 Å². The van der Waals surface area contributed by atoms with Crippen molar-refractivity contribution in [2.24, 2.45) is 0 Å². The maximum atomic E-state index is 12.5. The van der Waals surface area contributed by atoms with E-state index in [2.05, 4.69) is 24.4 Å². The minimum atomic E-state index is 0.200. The van der Waals surface area contributed by atoms with Crippen molar-refractivity contribution in [2.75, 3.05) is 20.1 Å². The van der Waals surface area contributed by atoms with E-state index in [0.717, 1.165) is 32.4 Å². The van der Waals surface area contributed by atoms with Crippen molar-refractivity contribution in [1.82, 2.24) is 9.80 Å². The Hall–Kier alpha value is -1.03. The number of likely N-dealkylation sites (tertiary alicyclic amines) is 1. The third kappa shape index (κ3) is 3.96. The summed E-state index contributed by atoms with van der Waals surface area (Å²) in [5, 5.41) is 2.10. The molecule has 2 rings (SSSR count). The van der Waals surface area contributed by atoms with Crippen molar-refractivity contribution in [3.8, 4) is 0 Å². The zero-order valence-electron chi connectivity index (χ0n) is 12.0. The van der Waals surface area contributed by atoms with Crippen molar-refractivity contribution < 1.29 is 4.79 Å². The maximum Gasteiger partial charge on any atom is 0.319 e. The number of urea groups is 1. The first-order valence-electron chi connectivity index (χ1n) is 7.22. The summed E-state index contributed by atoms with van der Waals surface area (Å²) >= 11 is 1.77. The molecule has 0 aliphatic carbocycles. The van der Waals surface area contributed by atoms with Gasteiger partial charge in [-0.15, -0.1) is 11.3 Å². The van der Waals surface area contributed by atoms with Gasteiger partial charge in [0.15, 0.2) is 0 Å². The zero-order valence-corrected chi connectivity index (χ0v) is 12.8. The molecule has 1 atom stereocenters. The Morgan fingerprint density at radius 2 is 2.05 bits per heavy atom. The van der Waals surface area contributed by atoms with Gasteiger partial charge < -0.3 is 9.80 Å². The lowest BCUT2D eigenvalue weighted by Gasteiger charge is -2.31. The molecule has 19 heavy (non-hydrogen) atoms. The van der Waals surface area contributed by atoms with Gasteiger partial charge in [-0.3, -0.25) is 0 Å². The van der Waals surface area contributed by atoms with Crippen LogP contribution in [0.1, 0.15) is 37.5 Å². The fourth-order valence-corrected chi connectivity index (χ4v) is 3.36. The van der Waals surface area contributed by atoms with Crippen molar-refractivity contribution in [3.05, 3.63) is 22.4 Å². The summed E-state index contributed by atoms with van der Waals surface area (Å²) in [6.07, 6.45) is 5.78. The molecule has 0 N–H and O–H groups in total. The fourth-order valence-electron chi connectivity index (χ4n) is 2.53. The standard InChI is InChI=1S/C15H24N2OS/c1-13(12-14-8-7-11-19-14)16(2)15(18)17-9-5-3-4-6-10-17/h7-8,11,13H,3-6,9-10,12H2,1-2H3. The Labute approximate surface area is 120 Å². The second-order valence-electron chi connectivity index (χ2n) is 5.43. The maximum absolute atomic E-state index is 12.5. The van der Waals surface area contributed by atoms with E-state index in [-0.39, 0.29) is 12.1 Å². The molecule has 0 bridgehead atoms. The minimum Gasteiger partial charge on any atom is -0.325 e. The monoisotopic (exact) mass is 280 g/mol. The Morgan fingerprint density at radius 3 is 2.63 bits per heavy atom. The second-order valence-corrected chi connectivity index (χ2v) is 6.46. The van der Waals surface area contributed by atoms with Crippen molar-refractivity contribution in [2.45, 2.75) is 45.1 Å². The molecule has 0 radical (unpaired) electrons. The average molecular weight is 280 g/mol. The van der Waals surface area contributed by atoms with Gasteiger partial charge in [-0.1, -0.05) is 18.9 Å². The van der Waals surface area contributed by atoms with Gasteiger partial charge in [-0.25, -0.2) is 4.79 Å². The molecule has 106 valence electrons. The molecule has 1 fully saturated rings. The minimum absolute atomic E-state index is 0.200. The lowest BCUT2D eigenvalue weighted by atomic mass is 10.2. The van der Waals surface area contributed by atoms with Crippen molar-refractivity contribution in [3.63, 3.8) is 0 Å². The van der Waals surface area contributed by atoms with Crippen LogP contribution in [-0.4, -0.2) is 42.0 Å². The Bertz CT molecular complexity index is 383. The van der Waals surface area contributed by atoms with E-state index in [9.17, 15) is 4.79 Å². The van der Waals surface area contributed by atoms with Crippen molar-refractivity contribution in [1.29, 1.82) is 0 Å². The highest BCUT2D eigenvalue weighted by Crippen LogP contribution is 2.16. The first-order chi connectivity index (χ1) is 9.18. The lowest BCUT2D eigenvalue weighted by molar-refractivity contribution is 0.151. The molecule has 0 saturated carbocycles. The molecule has 3 nitrogen and oxygen atoms in total. The molecular weight excluding hydrogens is 256 g/mol. The van der Waals surface area contributed by atoms with Crippen LogP contribution in [0.25, 0.3) is 0 Å². The Kier molecular flexibility index (Phi) is 5.25. The summed E-state index contributed by atoms with van der Waals surface area (Å²) in [4.78, 5) is 17.8. The van der Waals surface area contributed by atoms with Crippen LogP contribution in [0, 0.1) is 0 Å². The molecule has 0 spiro atoms. The highest BCUT2D eigenvalue weighted by molar-refractivity contribution is 7.09. The molecule has 0 aromatic carbocycles. The van der Waals surface area contributed by atoms with Crippen LogP contribution in [0.15, 0.2) is 17.5 Å². The summed E-state index contributed by atoms with van der Waals surface area (Å²) in [7, 11) is 1.94. The molecule has 1 aromatic heterocycles. The van der Waals surface area contributed by atoms with Crippen LogP contribution < -0.4 is 0 Å². The summed E-state index contributed by atoms with van der Waals surface area (Å²) in [6, 6.07) is 4.68. The van der Waals surface area contributed by atoms with Gasteiger partial charge in [-0.05, 0) is 31.2 Å². The van der Waals surface area contributed by atoms with Gasteiger partial charge in [0.05, 0.1) is 0 Å². The first kappa shape index (κ1) is 14.4. The van der Waals surface area contributed by atoms with E-state index in [4.69, 9.17) is 0 Å². The second kappa shape index (κ2) is 6.94. The number of nitrogens with zero attached hydrogens (tertiary/aromatic N) is 2. The van der Waals surface area contributed by atoms with Gasteiger partial charge in [0.2, 0.25) is 0 Å². The number of rotatable bonds is 3. The van der Waals surface area contributed by atoms with E-state index in [1.807, 2.05) is 16.8 Å². The molecule has 1 aliphatic rings. The predicted molar refractivity (Wildman–Crippen MR) is 80.7 cm³/mol. The summed E-state index contributed by atoms with van der Waals surface area (Å²) in [5.74, 6) is 0. The summed E-state index contributed by atoms with van der Waals surface area (Å²) < 4.78 is 0. The van der Waals surface area contributed by atoms with Crippen LogP contribution >= 0.6 is 11.3 Å². The molecule has 4 heteroatoms. The van der Waals surface area contributed by atoms with Crippen molar-refractivity contribution >= 4 is 17.4 Å². The van der Waals surface area contributed by atoms with E-state index in [0.29, 0.717) is 0 Å². The number of carbonyl (C=O) groups is 1. The number of amides is 2. The zero-order chi connectivity index (χ0) is 13.7. The van der Waals surface area contributed by atoms with E-state index < -0.39 is 0 Å². The molecule has 2 amide bonds. The summed E-state index contributed by atoms with van der Waals surface area (Å²) in [6.45, 7) is 3.99. The largest absolute Gasteiger partial charge is 0.325 e. The first-order valence-corrected chi connectivity index (χ1v) is 8.10. The number of likely N-dealkylation sites (N-methyl/N-ethyl adjacent to an activating group) is 1. The Balaban J connectivity index is 1.89. The van der Waals surface area contributed by atoms with Gasteiger partial charge in [0.25, 0.3) is 0 Å². The molecule has 1 aliphatic heterocycles. The van der Waals surface area contributed by atoms with Gasteiger partial charge >= 0.3 is 6.03 Å². The van der Waals surface area contributed by atoms with Gasteiger partial charge in [0.1, 0.15) is 0 Å². The number of hydrogen-bond donors (Lipinski definition) is 0. The SMILES string of the molecule is CC(Cc1cccs1)N(C)C(=O)N1CCCCCC1. The number of carbonyl (C=O) groups excluding carboxylic acids is 1. The topological polar surface area (TPSA) is 23.6 Å².